The van der Waals surface area contributed by atoms with Gasteiger partial charge in [-0.3, -0.25) is 14.4 Å². The van der Waals surface area contributed by atoms with Crippen LogP contribution in [0.4, 0.5) is 10.1 Å². The minimum absolute atomic E-state index is 0.107. The average Bonchev–Trinajstić information content (AvgIpc) is 3.18. The van der Waals surface area contributed by atoms with Crippen LogP contribution in [-0.4, -0.2) is 20.5 Å². The number of carbonyl (C=O) groups is 1. The molecule has 0 spiro atoms. The minimum Gasteiger partial charge on any atom is -0.303 e. The second kappa shape index (κ2) is 6.67. The molecule has 1 aliphatic rings. The van der Waals surface area contributed by atoms with Crippen LogP contribution in [0.5, 0.6) is 0 Å². The van der Waals surface area contributed by atoms with Crippen molar-refractivity contribution in [3.8, 4) is 0 Å². The molecule has 0 N–H and O–H groups in total. The van der Waals surface area contributed by atoms with Crippen molar-refractivity contribution in [2.24, 2.45) is 0 Å². The van der Waals surface area contributed by atoms with E-state index in [-0.39, 0.29) is 39.0 Å². The highest BCUT2D eigenvalue weighted by atomic mass is 32.1. The molecule has 0 atom stereocenters. The maximum Gasteiger partial charge on any atom is 0.295 e. The molecule has 0 saturated heterocycles. The number of anilines is 1. The summed E-state index contributed by atoms with van der Waals surface area (Å²) in [4.78, 5) is 43.8. The lowest BCUT2D eigenvalue weighted by Gasteiger charge is -2.17. The highest BCUT2D eigenvalue weighted by molar-refractivity contribution is 7.15. The lowest BCUT2D eigenvalue weighted by molar-refractivity contribution is -0.113. The van der Waals surface area contributed by atoms with Crippen molar-refractivity contribution in [2.45, 2.75) is 13.5 Å². The summed E-state index contributed by atoms with van der Waals surface area (Å²) in [5, 5.41) is 4.01. The molecule has 5 rings (SSSR count). The van der Waals surface area contributed by atoms with Gasteiger partial charge in [0.05, 0.1) is 17.8 Å². The quantitative estimate of drug-likeness (QED) is 0.490. The van der Waals surface area contributed by atoms with E-state index in [1.54, 1.807) is 41.3 Å². The zero-order chi connectivity index (χ0) is 21.0. The van der Waals surface area contributed by atoms with Gasteiger partial charge in [0, 0.05) is 5.56 Å². The molecule has 30 heavy (non-hydrogen) atoms. The number of fused-ring (bicyclic) bond motifs is 2. The fraction of sp³-hybridized carbons (Fsp3) is 0.0952. The van der Waals surface area contributed by atoms with E-state index in [0.29, 0.717) is 11.3 Å². The first-order chi connectivity index (χ1) is 14.4. The molecular weight excluding hydrogens is 407 g/mol. The number of para-hydroxylation sites is 1. The molecule has 7 nitrogen and oxygen atoms in total. The van der Waals surface area contributed by atoms with Gasteiger partial charge < -0.3 is 4.90 Å². The van der Waals surface area contributed by atoms with E-state index in [4.69, 9.17) is 0 Å². The summed E-state index contributed by atoms with van der Waals surface area (Å²) in [5.41, 5.74) is 1.38. The summed E-state index contributed by atoms with van der Waals surface area (Å²) in [5.74, 6) is -0.700. The summed E-state index contributed by atoms with van der Waals surface area (Å²) in [7, 11) is 0. The number of rotatable bonds is 2. The maximum absolute atomic E-state index is 13.4. The summed E-state index contributed by atoms with van der Waals surface area (Å²) < 4.78 is 14.5. The Bertz CT molecular complexity index is 1510. The summed E-state index contributed by atoms with van der Waals surface area (Å²) in [6, 6.07) is 13.1. The van der Waals surface area contributed by atoms with E-state index in [9.17, 15) is 18.8 Å². The number of amides is 1. The lowest BCUT2D eigenvalue weighted by Crippen LogP contribution is -2.33. The zero-order valence-corrected chi connectivity index (χ0v) is 16.4. The number of nitrogens with zero attached hydrogens (tertiary/aromatic N) is 4. The Labute approximate surface area is 172 Å². The van der Waals surface area contributed by atoms with Gasteiger partial charge in [-0.05, 0) is 30.7 Å². The Morgan fingerprint density at radius 1 is 1.03 bits per heavy atom. The first kappa shape index (κ1) is 18.3. The third kappa shape index (κ3) is 2.74. The monoisotopic (exact) mass is 420 g/mol. The molecule has 1 aliphatic heterocycles. The Morgan fingerprint density at radius 3 is 2.53 bits per heavy atom. The van der Waals surface area contributed by atoms with Crippen LogP contribution in [0.15, 0.2) is 58.1 Å². The number of aryl methyl sites for hydroxylation is 1. The Kier molecular flexibility index (Phi) is 4.07. The van der Waals surface area contributed by atoms with Gasteiger partial charge in [0.2, 0.25) is 4.96 Å². The van der Waals surface area contributed by atoms with E-state index in [0.717, 1.165) is 21.4 Å². The smallest absolute Gasteiger partial charge is 0.295 e. The van der Waals surface area contributed by atoms with Crippen LogP contribution in [0.25, 0.3) is 10.5 Å². The van der Waals surface area contributed by atoms with Gasteiger partial charge >= 0.3 is 0 Å². The molecule has 148 valence electrons. The van der Waals surface area contributed by atoms with Crippen LogP contribution >= 0.6 is 11.3 Å². The molecule has 1 amide bonds. The number of carbonyl (C=O) groups excluding carboxylic acids is 1. The second-order valence-electron chi connectivity index (χ2n) is 6.84. The van der Waals surface area contributed by atoms with E-state index in [2.05, 4.69) is 10.1 Å². The lowest BCUT2D eigenvalue weighted by atomic mass is 10.1. The molecule has 2 aromatic carbocycles. The van der Waals surface area contributed by atoms with Gasteiger partial charge in [-0.1, -0.05) is 41.7 Å². The molecule has 9 heteroatoms. The third-order valence-electron chi connectivity index (χ3n) is 4.92. The molecule has 0 radical (unpaired) electrons. The van der Waals surface area contributed by atoms with Gasteiger partial charge in [-0.25, -0.2) is 4.39 Å². The molecule has 3 heterocycles. The van der Waals surface area contributed by atoms with Crippen molar-refractivity contribution in [3.05, 3.63) is 96.4 Å². The highest BCUT2D eigenvalue weighted by Crippen LogP contribution is 2.36. The van der Waals surface area contributed by atoms with Crippen molar-refractivity contribution >= 4 is 33.5 Å². The van der Waals surface area contributed by atoms with E-state index in [1.807, 2.05) is 0 Å². The number of benzene rings is 2. The Balaban J connectivity index is 1.74. The molecule has 0 aliphatic carbocycles. The predicted molar refractivity (Wildman–Crippen MR) is 110 cm³/mol. The Morgan fingerprint density at radius 2 is 1.77 bits per heavy atom. The number of aromatic nitrogens is 3. The number of hydrogen-bond donors (Lipinski definition) is 0. The third-order valence-corrected chi connectivity index (χ3v) is 5.95. The molecule has 0 saturated carbocycles. The minimum atomic E-state index is -0.510. The van der Waals surface area contributed by atoms with Crippen LogP contribution in [0.3, 0.4) is 0 Å². The summed E-state index contributed by atoms with van der Waals surface area (Å²) >= 11 is 0.964. The maximum atomic E-state index is 13.4. The molecule has 2 aromatic heterocycles. The molecular formula is C21H13FN4O3S. The SMILES string of the molecule is Cc1nn2c(=O)c(=C3C(=O)N(Cc4ccc(F)cc4)c4ccccc43)sc2nc1=O. The molecule has 0 unspecified atom stereocenters. The van der Waals surface area contributed by atoms with Crippen molar-refractivity contribution in [1.29, 1.82) is 0 Å². The van der Waals surface area contributed by atoms with Gasteiger partial charge in [0.15, 0.2) is 0 Å². The van der Waals surface area contributed by atoms with Gasteiger partial charge in [0.1, 0.15) is 16.0 Å². The van der Waals surface area contributed by atoms with Crippen LogP contribution in [0.1, 0.15) is 16.8 Å². The van der Waals surface area contributed by atoms with E-state index >= 15 is 0 Å². The van der Waals surface area contributed by atoms with Crippen LogP contribution < -0.4 is 20.6 Å². The van der Waals surface area contributed by atoms with Gasteiger partial charge in [-0.15, -0.1) is 0 Å². The first-order valence-corrected chi connectivity index (χ1v) is 9.86. The van der Waals surface area contributed by atoms with Crippen LogP contribution in [0, 0.1) is 12.7 Å². The number of hydrogen-bond acceptors (Lipinski definition) is 6. The van der Waals surface area contributed by atoms with Crippen molar-refractivity contribution in [1.82, 2.24) is 14.6 Å². The topological polar surface area (TPSA) is 84.6 Å². The molecule has 0 bridgehead atoms. The van der Waals surface area contributed by atoms with Crippen LogP contribution in [0.2, 0.25) is 0 Å². The summed E-state index contributed by atoms with van der Waals surface area (Å²) in [6.45, 7) is 1.71. The summed E-state index contributed by atoms with van der Waals surface area (Å²) in [6.07, 6.45) is 0. The standard InChI is InChI=1S/C21H13FN4O3S/c1-11-18(27)23-21-26(24-11)20(29)17(30-21)16-14-4-2-3-5-15(14)25(19(16)28)10-12-6-8-13(22)9-7-12/h2-9H,10H2,1H3. The zero-order valence-electron chi connectivity index (χ0n) is 15.6. The first-order valence-electron chi connectivity index (χ1n) is 9.04. The molecule has 4 aromatic rings. The fourth-order valence-electron chi connectivity index (χ4n) is 3.47. The second-order valence-corrected chi connectivity index (χ2v) is 7.82. The van der Waals surface area contributed by atoms with Crippen molar-refractivity contribution in [2.75, 3.05) is 4.90 Å². The Hall–Kier alpha value is -3.72. The largest absolute Gasteiger partial charge is 0.303 e. The average molecular weight is 420 g/mol. The molecule has 0 fully saturated rings. The van der Waals surface area contributed by atoms with Crippen LogP contribution in [-0.2, 0) is 11.3 Å². The number of halogens is 1. The van der Waals surface area contributed by atoms with E-state index < -0.39 is 11.1 Å². The van der Waals surface area contributed by atoms with Gasteiger partial charge in [-0.2, -0.15) is 14.6 Å². The fourth-order valence-corrected chi connectivity index (χ4v) is 4.46. The predicted octanol–water partition coefficient (Wildman–Crippen LogP) is 1.42. The normalized spacial score (nSPS) is 15.1. The number of thiazole rings is 1. The van der Waals surface area contributed by atoms with Crippen molar-refractivity contribution < 1.29 is 9.18 Å². The van der Waals surface area contributed by atoms with E-state index in [1.165, 1.54) is 19.1 Å². The van der Waals surface area contributed by atoms with Gasteiger partial charge in [0.25, 0.3) is 17.0 Å². The van der Waals surface area contributed by atoms with Crippen molar-refractivity contribution in [3.63, 3.8) is 0 Å². The highest BCUT2D eigenvalue weighted by Gasteiger charge is 2.34.